The van der Waals surface area contributed by atoms with Crippen LogP contribution in [0.5, 0.6) is 0 Å². The molecule has 0 radical (unpaired) electrons. The van der Waals surface area contributed by atoms with Crippen molar-refractivity contribution in [2.75, 3.05) is 24.6 Å². The predicted octanol–water partition coefficient (Wildman–Crippen LogP) is 2.47. The van der Waals surface area contributed by atoms with E-state index in [9.17, 15) is 18.8 Å². The number of amides is 2. The molecular weight excluding hydrogens is 363 g/mol. The normalized spacial score (nSPS) is 13.5. The number of nitrogens with zero attached hydrogens (tertiary/aromatic N) is 1. The molecule has 0 spiro atoms. The Hall–Kier alpha value is -3.22. The predicted molar refractivity (Wildman–Crippen MR) is 101 cm³/mol. The monoisotopic (exact) mass is 384 g/mol. The van der Waals surface area contributed by atoms with Gasteiger partial charge in [-0.25, -0.2) is 9.18 Å². The second-order valence-electron chi connectivity index (χ2n) is 6.50. The van der Waals surface area contributed by atoms with Crippen molar-refractivity contribution in [3.8, 4) is 0 Å². The first-order chi connectivity index (χ1) is 13.5. The van der Waals surface area contributed by atoms with Gasteiger partial charge in [0, 0.05) is 25.2 Å². The van der Waals surface area contributed by atoms with Crippen molar-refractivity contribution >= 4 is 23.5 Å². The molecule has 3 rings (SSSR count). The molecule has 1 heterocycles. The van der Waals surface area contributed by atoms with Crippen LogP contribution in [0, 0.1) is 5.82 Å². The van der Waals surface area contributed by atoms with Crippen LogP contribution in [0.15, 0.2) is 48.5 Å². The van der Waals surface area contributed by atoms with E-state index in [0.717, 1.165) is 12.0 Å². The van der Waals surface area contributed by atoms with E-state index in [2.05, 4.69) is 5.32 Å². The van der Waals surface area contributed by atoms with Crippen LogP contribution in [0.1, 0.15) is 28.8 Å². The van der Waals surface area contributed by atoms with Crippen molar-refractivity contribution in [3.63, 3.8) is 0 Å². The summed E-state index contributed by atoms with van der Waals surface area (Å²) in [6.07, 6.45) is 1.85. The second-order valence-corrected chi connectivity index (χ2v) is 6.50. The molecule has 1 N–H and O–H groups in total. The fourth-order valence-electron chi connectivity index (χ4n) is 2.98. The van der Waals surface area contributed by atoms with Crippen LogP contribution in [0.3, 0.4) is 0 Å². The van der Waals surface area contributed by atoms with E-state index in [1.807, 2.05) is 0 Å². The molecule has 2 aromatic carbocycles. The second kappa shape index (κ2) is 9.12. The minimum absolute atomic E-state index is 0.0334. The molecule has 2 amide bonds. The van der Waals surface area contributed by atoms with Gasteiger partial charge < -0.3 is 15.0 Å². The van der Waals surface area contributed by atoms with Crippen LogP contribution < -0.4 is 10.2 Å². The summed E-state index contributed by atoms with van der Waals surface area (Å²) in [6, 6.07) is 12.7. The smallest absolute Gasteiger partial charge is 0.338 e. The lowest BCUT2D eigenvalue weighted by atomic mass is 10.1. The topological polar surface area (TPSA) is 75.7 Å². The standard InChI is InChI=1S/C21H21FN2O4/c22-17-8-6-15(7-9-17)10-11-23-19(25)14-28-21(27)16-3-1-4-18(13-16)24-12-2-5-20(24)26/h1,3-4,6-9,13H,2,5,10-12,14H2,(H,23,25). The zero-order valence-corrected chi connectivity index (χ0v) is 15.3. The van der Waals surface area contributed by atoms with Crippen LogP contribution in [0.4, 0.5) is 10.1 Å². The summed E-state index contributed by atoms with van der Waals surface area (Å²) in [6.45, 7) is 0.595. The molecule has 0 atom stereocenters. The molecule has 2 aromatic rings. The van der Waals surface area contributed by atoms with Crippen LogP contribution in [0.25, 0.3) is 0 Å². The van der Waals surface area contributed by atoms with Gasteiger partial charge in [0.15, 0.2) is 6.61 Å². The lowest BCUT2D eigenvalue weighted by molar-refractivity contribution is -0.124. The van der Waals surface area contributed by atoms with Gasteiger partial charge in [-0.05, 0) is 48.7 Å². The van der Waals surface area contributed by atoms with Gasteiger partial charge in [-0.1, -0.05) is 18.2 Å². The Morgan fingerprint density at radius 3 is 2.64 bits per heavy atom. The van der Waals surface area contributed by atoms with Gasteiger partial charge in [-0.15, -0.1) is 0 Å². The van der Waals surface area contributed by atoms with Crippen LogP contribution in [-0.4, -0.2) is 37.5 Å². The van der Waals surface area contributed by atoms with Crippen LogP contribution in [0.2, 0.25) is 0 Å². The quantitative estimate of drug-likeness (QED) is 0.744. The molecule has 0 aromatic heterocycles. The number of carbonyl (C=O) groups is 3. The van der Waals surface area contributed by atoms with E-state index < -0.39 is 18.5 Å². The third-order valence-electron chi connectivity index (χ3n) is 4.45. The molecule has 1 aliphatic heterocycles. The van der Waals surface area contributed by atoms with E-state index in [0.29, 0.717) is 31.6 Å². The van der Waals surface area contributed by atoms with Crippen molar-refractivity contribution in [1.82, 2.24) is 5.32 Å². The van der Waals surface area contributed by atoms with E-state index in [4.69, 9.17) is 4.74 Å². The van der Waals surface area contributed by atoms with E-state index in [1.54, 1.807) is 41.3 Å². The highest BCUT2D eigenvalue weighted by atomic mass is 19.1. The van der Waals surface area contributed by atoms with Crippen molar-refractivity contribution in [3.05, 3.63) is 65.5 Å². The number of hydrogen-bond acceptors (Lipinski definition) is 4. The highest BCUT2D eigenvalue weighted by Crippen LogP contribution is 2.22. The summed E-state index contributed by atoms with van der Waals surface area (Å²) in [7, 11) is 0. The number of carbonyl (C=O) groups excluding carboxylic acids is 3. The number of rotatable bonds is 7. The number of anilines is 1. The largest absolute Gasteiger partial charge is 0.452 e. The van der Waals surface area contributed by atoms with Gasteiger partial charge >= 0.3 is 5.97 Å². The Morgan fingerprint density at radius 1 is 1.14 bits per heavy atom. The average molecular weight is 384 g/mol. The minimum Gasteiger partial charge on any atom is -0.452 e. The van der Waals surface area contributed by atoms with E-state index in [-0.39, 0.29) is 17.3 Å². The van der Waals surface area contributed by atoms with Gasteiger partial charge in [0.1, 0.15) is 5.82 Å². The van der Waals surface area contributed by atoms with E-state index in [1.165, 1.54) is 12.1 Å². The summed E-state index contributed by atoms with van der Waals surface area (Å²) < 4.78 is 17.9. The molecule has 0 saturated carbocycles. The van der Waals surface area contributed by atoms with Crippen LogP contribution in [-0.2, 0) is 20.7 Å². The lowest BCUT2D eigenvalue weighted by Crippen LogP contribution is -2.30. The molecule has 7 heteroatoms. The zero-order valence-electron chi connectivity index (χ0n) is 15.3. The number of nitrogens with one attached hydrogen (secondary N) is 1. The first kappa shape index (κ1) is 19.5. The van der Waals surface area contributed by atoms with Gasteiger partial charge in [0.2, 0.25) is 5.91 Å². The maximum absolute atomic E-state index is 12.8. The molecule has 146 valence electrons. The number of hydrogen-bond donors (Lipinski definition) is 1. The highest BCUT2D eigenvalue weighted by molar-refractivity contribution is 5.97. The summed E-state index contributed by atoms with van der Waals surface area (Å²) in [5.74, 6) is -1.31. The molecular formula is C21H21FN2O4. The summed E-state index contributed by atoms with van der Waals surface area (Å²) in [4.78, 5) is 37.5. The van der Waals surface area contributed by atoms with Crippen LogP contribution >= 0.6 is 0 Å². The van der Waals surface area contributed by atoms with Crippen molar-refractivity contribution < 1.29 is 23.5 Å². The average Bonchev–Trinajstić information content (AvgIpc) is 3.13. The molecule has 1 aliphatic rings. The van der Waals surface area contributed by atoms with Gasteiger partial charge in [-0.2, -0.15) is 0 Å². The maximum Gasteiger partial charge on any atom is 0.338 e. The van der Waals surface area contributed by atoms with E-state index >= 15 is 0 Å². The molecule has 1 fully saturated rings. The summed E-state index contributed by atoms with van der Waals surface area (Å²) in [5, 5.41) is 2.65. The summed E-state index contributed by atoms with van der Waals surface area (Å²) in [5.41, 5.74) is 1.84. The molecule has 0 unspecified atom stereocenters. The fourth-order valence-corrected chi connectivity index (χ4v) is 2.98. The zero-order chi connectivity index (χ0) is 19.9. The molecule has 0 bridgehead atoms. The Bertz CT molecular complexity index is 867. The molecule has 28 heavy (non-hydrogen) atoms. The fraction of sp³-hybridized carbons (Fsp3) is 0.286. The lowest BCUT2D eigenvalue weighted by Gasteiger charge is -2.16. The Kier molecular flexibility index (Phi) is 6.37. The Balaban J connectivity index is 1.45. The van der Waals surface area contributed by atoms with Gasteiger partial charge in [-0.3, -0.25) is 9.59 Å². The molecule has 0 aliphatic carbocycles. The third kappa shape index (κ3) is 5.16. The first-order valence-electron chi connectivity index (χ1n) is 9.11. The van der Waals surface area contributed by atoms with Crippen molar-refractivity contribution in [2.24, 2.45) is 0 Å². The molecule has 6 nitrogen and oxygen atoms in total. The Labute approximate surface area is 162 Å². The number of benzene rings is 2. The van der Waals surface area contributed by atoms with Crippen molar-refractivity contribution in [2.45, 2.75) is 19.3 Å². The SMILES string of the molecule is O=C(COC(=O)c1cccc(N2CCCC2=O)c1)NCCc1ccc(F)cc1. The molecule has 1 saturated heterocycles. The third-order valence-corrected chi connectivity index (χ3v) is 4.45. The first-order valence-corrected chi connectivity index (χ1v) is 9.11. The van der Waals surface area contributed by atoms with Crippen molar-refractivity contribution in [1.29, 1.82) is 0 Å². The summed E-state index contributed by atoms with van der Waals surface area (Å²) >= 11 is 0. The van der Waals surface area contributed by atoms with Gasteiger partial charge in [0.05, 0.1) is 5.56 Å². The van der Waals surface area contributed by atoms with Gasteiger partial charge in [0.25, 0.3) is 5.91 Å². The number of ether oxygens (including phenoxy) is 1. The number of halogens is 1. The Morgan fingerprint density at radius 2 is 1.93 bits per heavy atom. The maximum atomic E-state index is 12.8. The highest BCUT2D eigenvalue weighted by Gasteiger charge is 2.22. The minimum atomic E-state index is -0.623. The number of esters is 1.